The van der Waals surface area contributed by atoms with Gasteiger partial charge < -0.3 is 9.64 Å². The molecule has 2 atom stereocenters. The number of likely N-dealkylation sites (N-methyl/N-ethyl adjacent to an activating group) is 1. The summed E-state index contributed by atoms with van der Waals surface area (Å²) < 4.78 is 5.34. The first-order valence-electron chi connectivity index (χ1n) is 5.88. The summed E-state index contributed by atoms with van der Waals surface area (Å²) in [7, 11) is 1.65. The van der Waals surface area contributed by atoms with Crippen molar-refractivity contribution in [1.82, 2.24) is 10.2 Å². The second-order valence-corrected chi connectivity index (χ2v) is 4.16. The Morgan fingerprint density at radius 2 is 2.12 bits per heavy atom. The highest BCUT2D eigenvalue weighted by Gasteiger charge is 2.37. The maximum Gasteiger partial charge on any atom is 0.241 e. The molecule has 1 fully saturated rings. The third kappa shape index (κ3) is 2.00. The normalized spacial score (nSPS) is 24.2. The molecule has 1 aliphatic heterocycles. The van der Waals surface area contributed by atoms with Crippen molar-refractivity contribution in [2.45, 2.75) is 26.1 Å². The Morgan fingerprint density at radius 1 is 1.41 bits per heavy atom. The van der Waals surface area contributed by atoms with Crippen molar-refractivity contribution in [2.75, 3.05) is 13.7 Å². The van der Waals surface area contributed by atoms with Crippen molar-refractivity contribution in [2.24, 2.45) is 0 Å². The molecule has 1 amide bonds. The second-order valence-electron chi connectivity index (χ2n) is 4.16. The SMILES string of the molecule is CCN1C(=O)C(C)NC1c1ccccc1OC. The van der Waals surface area contributed by atoms with E-state index in [9.17, 15) is 4.79 Å². The third-order valence-corrected chi connectivity index (χ3v) is 3.15. The van der Waals surface area contributed by atoms with Gasteiger partial charge in [0.25, 0.3) is 0 Å². The molecular formula is C13H18N2O2. The molecule has 2 unspecified atom stereocenters. The number of rotatable bonds is 3. The van der Waals surface area contributed by atoms with Gasteiger partial charge in [-0.15, -0.1) is 0 Å². The molecule has 0 aliphatic carbocycles. The molecule has 1 aromatic rings. The maximum atomic E-state index is 11.9. The smallest absolute Gasteiger partial charge is 0.241 e. The summed E-state index contributed by atoms with van der Waals surface area (Å²) in [6.45, 7) is 4.57. The Kier molecular flexibility index (Phi) is 3.33. The molecule has 0 bridgehead atoms. The zero-order valence-corrected chi connectivity index (χ0v) is 10.4. The highest BCUT2D eigenvalue weighted by Crippen LogP contribution is 2.31. The number of amides is 1. The van der Waals surface area contributed by atoms with E-state index in [1.54, 1.807) is 7.11 Å². The fourth-order valence-corrected chi connectivity index (χ4v) is 2.26. The maximum absolute atomic E-state index is 11.9. The van der Waals surface area contributed by atoms with Crippen LogP contribution in [0.2, 0.25) is 0 Å². The van der Waals surface area contributed by atoms with E-state index in [-0.39, 0.29) is 18.1 Å². The van der Waals surface area contributed by atoms with Gasteiger partial charge in [-0.1, -0.05) is 18.2 Å². The number of hydrogen-bond acceptors (Lipinski definition) is 3. The Hall–Kier alpha value is -1.55. The molecule has 2 rings (SSSR count). The first kappa shape index (κ1) is 11.9. The average molecular weight is 234 g/mol. The third-order valence-electron chi connectivity index (χ3n) is 3.15. The summed E-state index contributed by atoms with van der Waals surface area (Å²) in [5, 5.41) is 3.29. The lowest BCUT2D eigenvalue weighted by atomic mass is 10.1. The van der Waals surface area contributed by atoms with Gasteiger partial charge in [-0.25, -0.2) is 0 Å². The second kappa shape index (κ2) is 4.75. The van der Waals surface area contributed by atoms with E-state index in [2.05, 4.69) is 5.32 Å². The van der Waals surface area contributed by atoms with Crippen LogP contribution in [0.25, 0.3) is 0 Å². The van der Waals surface area contributed by atoms with Gasteiger partial charge in [-0.3, -0.25) is 10.1 Å². The Morgan fingerprint density at radius 3 is 2.76 bits per heavy atom. The minimum atomic E-state index is -0.134. The van der Waals surface area contributed by atoms with Gasteiger partial charge in [0.05, 0.1) is 13.2 Å². The van der Waals surface area contributed by atoms with Crippen molar-refractivity contribution in [1.29, 1.82) is 0 Å². The van der Waals surface area contributed by atoms with Crippen LogP contribution in [0.1, 0.15) is 25.6 Å². The fraction of sp³-hybridized carbons (Fsp3) is 0.462. The molecule has 0 saturated carbocycles. The van der Waals surface area contributed by atoms with Crippen LogP contribution >= 0.6 is 0 Å². The van der Waals surface area contributed by atoms with Crippen LogP contribution in [0, 0.1) is 0 Å². The van der Waals surface area contributed by atoms with Crippen LogP contribution in [-0.4, -0.2) is 30.5 Å². The summed E-state index contributed by atoms with van der Waals surface area (Å²) >= 11 is 0. The Bertz CT molecular complexity index is 420. The lowest BCUT2D eigenvalue weighted by molar-refractivity contribution is -0.129. The quantitative estimate of drug-likeness (QED) is 0.862. The van der Waals surface area contributed by atoms with E-state index in [4.69, 9.17) is 4.74 Å². The number of para-hydroxylation sites is 1. The van der Waals surface area contributed by atoms with Crippen LogP contribution in [0.3, 0.4) is 0 Å². The van der Waals surface area contributed by atoms with Crippen molar-refractivity contribution in [3.05, 3.63) is 29.8 Å². The number of nitrogens with zero attached hydrogens (tertiary/aromatic N) is 1. The molecule has 1 saturated heterocycles. The van der Waals surface area contributed by atoms with E-state index < -0.39 is 0 Å². The van der Waals surface area contributed by atoms with E-state index in [0.717, 1.165) is 11.3 Å². The summed E-state index contributed by atoms with van der Waals surface area (Å²) in [5.41, 5.74) is 1.01. The highest BCUT2D eigenvalue weighted by molar-refractivity contribution is 5.84. The number of ether oxygens (including phenoxy) is 1. The van der Waals surface area contributed by atoms with Gasteiger partial charge in [-0.05, 0) is 19.9 Å². The molecular weight excluding hydrogens is 216 g/mol. The Balaban J connectivity index is 2.36. The molecule has 0 aromatic heterocycles. The minimum Gasteiger partial charge on any atom is -0.496 e. The lowest BCUT2D eigenvalue weighted by Gasteiger charge is -2.24. The molecule has 1 aromatic carbocycles. The number of carbonyl (C=O) groups is 1. The highest BCUT2D eigenvalue weighted by atomic mass is 16.5. The fourth-order valence-electron chi connectivity index (χ4n) is 2.26. The summed E-state index contributed by atoms with van der Waals surface area (Å²) in [4.78, 5) is 13.8. The number of benzene rings is 1. The number of methoxy groups -OCH3 is 1. The average Bonchev–Trinajstić information content (AvgIpc) is 2.65. The molecule has 1 N–H and O–H groups in total. The van der Waals surface area contributed by atoms with Gasteiger partial charge in [0.15, 0.2) is 0 Å². The lowest BCUT2D eigenvalue weighted by Crippen LogP contribution is -2.30. The zero-order chi connectivity index (χ0) is 12.4. The van der Waals surface area contributed by atoms with E-state index in [1.165, 1.54) is 0 Å². The summed E-state index contributed by atoms with van der Waals surface area (Å²) in [6.07, 6.45) is -0.0846. The van der Waals surface area contributed by atoms with Gasteiger partial charge >= 0.3 is 0 Å². The molecule has 0 radical (unpaired) electrons. The van der Waals surface area contributed by atoms with Crippen LogP contribution in [0.4, 0.5) is 0 Å². The van der Waals surface area contributed by atoms with Crippen LogP contribution in [0.15, 0.2) is 24.3 Å². The Labute approximate surface area is 102 Å². The molecule has 4 heteroatoms. The zero-order valence-electron chi connectivity index (χ0n) is 10.4. The monoisotopic (exact) mass is 234 g/mol. The standard InChI is InChI=1S/C13H18N2O2/c1-4-15-12(14-9(2)13(15)16)10-7-5-6-8-11(10)17-3/h5-9,12,14H,4H2,1-3H3. The van der Waals surface area contributed by atoms with Gasteiger partial charge in [0.2, 0.25) is 5.91 Å². The van der Waals surface area contributed by atoms with Gasteiger partial charge in [0.1, 0.15) is 11.9 Å². The van der Waals surface area contributed by atoms with Crippen molar-refractivity contribution < 1.29 is 9.53 Å². The molecule has 17 heavy (non-hydrogen) atoms. The first-order chi connectivity index (χ1) is 8.19. The predicted octanol–water partition coefficient (Wildman–Crippen LogP) is 1.53. The van der Waals surface area contributed by atoms with Crippen molar-refractivity contribution in [3.63, 3.8) is 0 Å². The van der Waals surface area contributed by atoms with E-state index in [1.807, 2.05) is 43.0 Å². The largest absolute Gasteiger partial charge is 0.496 e. The van der Waals surface area contributed by atoms with Crippen LogP contribution < -0.4 is 10.1 Å². The van der Waals surface area contributed by atoms with Crippen molar-refractivity contribution >= 4 is 5.91 Å². The minimum absolute atomic E-state index is 0.0846. The van der Waals surface area contributed by atoms with E-state index >= 15 is 0 Å². The first-order valence-corrected chi connectivity index (χ1v) is 5.88. The molecule has 0 spiro atoms. The number of hydrogen-bond donors (Lipinski definition) is 1. The predicted molar refractivity (Wildman–Crippen MR) is 65.7 cm³/mol. The van der Waals surface area contributed by atoms with Crippen LogP contribution in [0.5, 0.6) is 5.75 Å². The van der Waals surface area contributed by atoms with Crippen LogP contribution in [-0.2, 0) is 4.79 Å². The summed E-state index contributed by atoms with van der Waals surface area (Å²) in [5.74, 6) is 0.953. The van der Waals surface area contributed by atoms with Gasteiger partial charge in [0, 0.05) is 12.1 Å². The summed E-state index contributed by atoms with van der Waals surface area (Å²) in [6, 6.07) is 7.66. The van der Waals surface area contributed by atoms with Gasteiger partial charge in [-0.2, -0.15) is 0 Å². The molecule has 92 valence electrons. The number of nitrogens with one attached hydrogen (secondary N) is 1. The molecule has 1 aliphatic rings. The molecule has 4 nitrogen and oxygen atoms in total. The topological polar surface area (TPSA) is 41.6 Å². The van der Waals surface area contributed by atoms with E-state index in [0.29, 0.717) is 6.54 Å². The molecule has 1 heterocycles. The number of carbonyl (C=O) groups excluding carboxylic acids is 1. The van der Waals surface area contributed by atoms with Crippen molar-refractivity contribution in [3.8, 4) is 5.75 Å².